The smallest absolute Gasteiger partial charge is 0.133 e. The number of carbonyl (C=O) groups is 1. The largest absolute Gasteiger partial charge is 0.300 e. The van der Waals surface area contributed by atoms with Gasteiger partial charge in [-0.2, -0.15) is 0 Å². The van der Waals surface area contributed by atoms with Crippen LogP contribution in [0, 0.1) is 0 Å². The summed E-state index contributed by atoms with van der Waals surface area (Å²) >= 11 is 0. The molecule has 0 aromatic heterocycles. The molecule has 1 aliphatic carbocycles. The van der Waals surface area contributed by atoms with E-state index in [4.69, 9.17) is 0 Å². The quantitative estimate of drug-likeness (QED) is 0.561. The number of hydrogen-bond acceptors (Lipinski definition) is 1. The van der Waals surface area contributed by atoms with Crippen LogP contribution in [-0.2, 0) is 4.79 Å². The summed E-state index contributed by atoms with van der Waals surface area (Å²) < 4.78 is 0. The molecule has 0 radical (unpaired) electrons. The van der Waals surface area contributed by atoms with Crippen molar-refractivity contribution in [1.82, 2.24) is 0 Å². The van der Waals surface area contributed by atoms with Crippen LogP contribution in [-0.4, -0.2) is 5.78 Å². The highest BCUT2D eigenvalue weighted by molar-refractivity contribution is 5.80. The van der Waals surface area contributed by atoms with Crippen molar-refractivity contribution in [1.29, 1.82) is 0 Å². The van der Waals surface area contributed by atoms with Crippen LogP contribution < -0.4 is 0 Å². The van der Waals surface area contributed by atoms with E-state index in [1.165, 1.54) is 5.57 Å². The molecule has 1 nitrogen and oxygen atoms in total. The van der Waals surface area contributed by atoms with Crippen LogP contribution in [0.4, 0.5) is 0 Å². The predicted molar refractivity (Wildman–Crippen MR) is 46.4 cm³/mol. The van der Waals surface area contributed by atoms with E-state index in [9.17, 15) is 4.79 Å². The van der Waals surface area contributed by atoms with Gasteiger partial charge in [-0.1, -0.05) is 23.8 Å². The minimum atomic E-state index is 0.419. The Kier molecular flexibility index (Phi) is 3.09. The maximum Gasteiger partial charge on any atom is 0.133 e. The first kappa shape index (κ1) is 8.25. The van der Waals surface area contributed by atoms with E-state index < -0.39 is 0 Å². The van der Waals surface area contributed by atoms with Gasteiger partial charge < -0.3 is 0 Å². The van der Waals surface area contributed by atoms with E-state index in [0.717, 1.165) is 25.7 Å². The average Bonchev–Trinajstić information content (AvgIpc) is 2.04. The minimum Gasteiger partial charge on any atom is -0.300 e. The van der Waals surface area contributed by atoms with Gasteiger partial charge in [0.2, 0.25) is 0 Å². The second kappa shape index (κ2) is 4.12. The Morgan fingerprint density at radius 3 is 2.36 bits per heavy atom. The minimum absolute atomic E-state index is 0.419. The first-order valence-electron chi connectivity index (χ1n) is 4.15. The molecule has 0 aromatic carbocycles. The molecule has 0 bridgehead atoms. The zero-order valence-electron chi connectivity index (χ0n) is 6.97. The lowest BCUT2D eigenvalue weighted by Crippen LogP contribution is -2.05. The fraction of sp³-hybridized carbons (Fsp3) is 0.500. The van der Waals surface area contributed by atoms with Crippen molar-refractivity contribution >= 4 is 5.78 Å². The van der Waals surface area contributed by atoms with Crippen molar-refractivity contribution in [2.45, 2.75) is 32.6 Å². The summed E-state index contributed by atoms with van der Waals surface area (Å²) in [5.41, 5.74) is 1.42. The molecular formula is C10H14O. The Morgan fingerprint density at radius 2 is 1.82 bits per heavy atom. The van der Waals surface area contributed by atoms with Gasteiger partial charge in [-0.05, 0) is 19.8 Å². The molecule has 0 spiro atoms. The molecule has 0 amide bonds. The van der Waals surface area contributed by atoms with Gasteiger partial charge in [0.05, 0.1) is 0 Å². The third-order valence-electron chi connectivity index (χ3n) is 1.97. The van der Waals surface area contributed by atoms with Gasteiger partial charge in [0, 0.05) is 12.8 Å². The molecule has 0 N–H and O–H groups in total. The van der Waals surface area contributed by atoms with Gasteiger partial charge in [-0.3, -0.25) is 4.79 Å². The Bertz CT molecular complexity index is 187. The first-order valence-corrected chi connectivity index (χ1v) is 4.15. The van der Waals surface area contributed by atoms with Gasteiger partial charge in [0.15, 0.2) is 0 Å². The Labute approximate surface area is 67.8 Å². The monoisotopic (exact) mass is 150 g/mol. The van der Waals surface area contributed by atoms with Gasteiger partial charge in [-0.25, -0.2) is 0 Å². The maximum absolute atomic E-state index is 10.8. The molecule has 0 heterocycles. The van der Waals surface area contributed by atoms with Crippen LogP contribution in [0.2, 0.25) is 0 Å². The lowest BCUT2D eigenvalue weighted by Gasteiger charge is -2.11. The van der Waals surface area contributed by atoms with Crippen molar-refractivity contribution in [3.63, 3.8) is 0 Å². The standard InChI is InChI=1S/C10H14O/c1-2-3-4-9-5-7-10(11)8-6-9/h2-4H,5-8H2,1H3. The van der Waals surface area contributed by atoms with Crippen molar-refractivity contribution in [3.8, 4) is 0 Å². The highest BCUT2D eigenvalue weighted by atomic mass is 16.1. The van der Waals surface area contributed by atoms with Crippen molar-refractivity contribution in [2.24, 2.45) is 0 Å². The predicted octanol–water partition coefficient (Wildman–Crippen LogP) is 2.63. The van der Waals surface area contributed by atoms with Crippen LogP contribution in [0.5, 0.6) is 0 Å². The first-order chi connectivity index (χ1) is 5.33. The van der Waals surface area contributed by atoms with E-state index in [0.29, 0.717) is 5.78 Å². The molecule has 11 heavy (non-hydrogen) atoms. The highest BCUT2D eigenvalue weighted by Gasteiger charge is 2.10. The summed E-state index contributed by atoms with van der Waals surface area (Å²) in [6, 6.07) is 0. The normalized spacial score (nSPS) is 19.4. The van der Waals surface area contributed by atoms with E-state index in [1.54, 1.807) is 0 Å². The molecule has 1 rings (SSSR count). The number of carbonyl (C=O) groups excluding carboxylic acids is 1. The second-order valence-corrected chi connectivity index (χ2v) is 2.89. The third-order valence-corrected chi connectivity index (χ3v) is 1.97. The molecule has 0 saturated heterocycles. The molecule has 1 saturated carbocycles. The van der Waals surface area contributed by atoms with E-state index in [2.05, 4.69) is 6.08 Å². The summed E-state index contributed by atoms with van der Waals surface area (Å²) in [6.45, 7) is 2.00. The molecule has 1 fully saturated rings. The average molecular weight is 150 g/mol. The number of Topliss-reactive ketones (excluding diaryl/α,β-unsaturated/α-hetero) is 1. The lowest BCUT2D eigenvalue weighted by molar-refractivity contribution is -0.119. The number of allylic oxidation sites excluding steroid dienone is 4. The van der Waals surface area contributed by atoms with Gasteiger partial charge in [-0.15, -0.1) is 0 Å². The molecule has 0 aliphatic heterocycles. The topological polar surface area (TPSA) is 17.1 Å². The molecule has 60 valence electrons. The fourth-order valence-corrected chi connectivity index (χ4v) is 1.25. The lowest BCUT2D eigenvalue weighted by atomic mass is 9.94. The molecule has 0 atom stereocenters. The Hall–Kier alpha value is -0.850. The summed E-state index contributed by atoms with van der Waals surface area (Å²) in [6.07, 6.45) is 9.65. The Morgan fingerprint density at radius 1 is 1.18 bits per heavy atom. The summed E-state index contributed by atoms with van der Waals surface area (Å²) in [5, 5.41) is 0. The summed E-state index contributed by atoms with van der Waals surface area (Å²) in [5.74, 6) is 0.419. The van der Waals surface area contributed by atoms with Crippen molar-refractivity contribution in [2.75, 3.05) is 0 Å². The fourth-order valence-electron chi connectivity index (χ4n) is 1.25. The van der Waals surface area contributed by atoms with Crippen molar-refractivity contribution < 1.29 is 4.79 Å². The molecule has 1 heteroatoms. The van der Waals surface area contributed by atoms with Crippen LogP contribution >= 0.6 is 0 Å². The number of rotatable bonds is 1. The Balaban J connectivity index is 2.44. The zero-order valence-corrected chi connectivity index (χ0v) is 6.97. The van der Waals surface area contributed by atoms with E-state index in [1.807, 2.05) is 19.1 Å². The third kappa shape index (κ3) is 2.71. The zero-order chi connectivity index (χ0) is 8.10. The summed E-state index contributed by atoms with van der Waals surface area (Å²) in [7, 11) is 0. The van der Waals surface area contributed by atoms with Crippen LogP contribution in [0.3, 0.4) is 0 Å². The second-order valence-electron chi connectivity index (χ2n) is 2.89. The van der Waals surface area contributed by atoms with Crippen molar-refractivity contribution in [3.05, 3.63) is 23.8 Å². The maximum atomic E-state index is 10.8. The summed E-state index contributed by atoms with van der Waals surface area (Å²) in [4.78, 5) is 10.8. The molecular weight excluding hydrogens is 136 g/mol. The van der Waals surface area contributed by atoms with Crippen LogP contribution in [0.1, 0.15) is 32.6 Å². The SMILES string of the molecule is CC=CC=C1CCC(=O)CC1. The van der Waals surface area contributed by atoms with Crippen LogP contribution in [0.25, 0.3) is 0 Å². The molecule has 0 aromatic rings. The van der Waals surface area contributed by atoms with Gasteiger partial charge in [0.25, 0.3) is 0 Å². The molecule has 1 aliphatic rings. The molecule has 0 unspecified atom stereocenters. The van der Waals surface area contributed by atoms with Crippen LogP contribution in [0.15, 0.2) is 23.8 Å². The number of ketones is 1. The van der Waals surface area contributed by atoms with Gasteiger partial charge in [0.1, 0.15) is 5.78 Å². The number of hydrogen-bond donors (Lipinski definition) is 0. The van der Waals surface area contributed by atoms with Gasteiger partial charge >= 0.3 is 0 Å². The van der Waals surface area contributed by atoms with E-state index >= 15 is 0 Å². The highest BCUT2D eigenvalue weighted by Crippen LogP contribution is 2.20. The van der Waals surface area contributed by atoms with E-state index in [-0.39, 0.29) is 0 Å².